The Kier molecular flexibility index (Phi) is 4.83. The Balaban J connectivity index is 3.45. The van der Waals surface area contributed by atoms with E-state index in [2.05, 4.69) is 31.5 Å². The van der Waals surface area contributed by atoms with Crippen LogP contribution in [0.1, 0.15) is 40.0 Å². The summed E-state index contributed by atoms with van der Waals surface area (Å²) in [5.74, 6) is 0. The van der Waals surface area contributed by atoms with Crippen LogP contribution in [-0.4, -0.2) is 6.54 Å². The van der Waals surface area contributed by atoms with E-state index in [1.807, 2.05) is 0 Å². The van der Waals surface area contributed by atoms with Gasteiger partial charge in [-0.3, -0.25) is 5.43 Å². The van der Waals surface area contributed by atoms with Gasteiger partial charge in [-0.2, -0.15) is 0 Å². The minimum atomic E-state index is 0.340. The largest absolute Gasteiger partial charge is 0.274 e. The molecule has 0 aliphatic heterocycles. The highest BCUT2D eigenvalue weighted by Gasteiger charge is 2.15. The number of hydrogen-bond donors (Lipinski definition) is 1. The Morgan fingerprint density at radius 2 is 2.00 bits per heavy atom. The average Bonchev–Trinajstić information content (AvgIpc) is 1.87. The second-order valence-corrected chi connectivity index (χ2v) is 3.66. The van der Waals surface area contributed by atoms with Gasteiger partial charge in [0.25, 0.3) is 0 Å². The standard InChI is InChI=1S/C8H18N2O/c1-4-5-8(2,3)6-7-9-10-11/h4-7H2,1-3H3,(H,9,11). The van der Waals surface area contributed by atoms with E-state index < -0.39 is 0 Å². The summed E-state index contributed by atoms with van der Waals surface area (Å²) in [4.78, 5) is 9.69. The van der Waals surface area contributed by atoms with Crippen LogP contribution in [0, 0.1) is 10.3 Å². The highest BCUT2D eigenvalue weighted by molar-refractivity contribution is 4.68. The molecule has 3 heteroatoms. The molecule has 0 fully saturated rings. The lowest BCUT2D eigenvalue weighted by molar-refractivity contribution is 0.300. The van der Waals surface area contributed by atoms with Crippen molar-refractivity contribution in [2.24, 2.45) is 10.7 Å². The van der Waals surface area contributed by atoms with Gasteiger partial charge in [-0.25, -0.2) is 0 Å². The van der Waals surface area contributed by atoms with Gasteiger partial charge in [-0.15, -0.1) is 4.91 Å². The lowest BCUT2D eigenvalue weighted by Gasteiger charge is -2.22. The van der Waals surface area contributed by atoms with Crippen LogP contribution in [-0.2, 0) is 0 Å². The summed E-state index contributed by atoms with van der Waals surface area (Å²) in [6.45, 7) is 7.29. The van der Waals surface area contributed by atoms with Gasteiger partial charge < -0.3 is 0 Å². The number of hydrogen-bond acceptors (Lipinski definition) is 2. The molecule has 0 bridgehead atoms. The first kappa shape index (κ1) is 10.4. The van der Waals surface area contributed by atoms with E-state index in [0.29, 0.717) is 12.0 Å². The van der Waals surface area contributed by atoms with Gasteiger partial charge in [0, 0.05) is 11.8 Å². The number of rotatable bonds is 6. The van der Waals surface area contributed by atoms with Crippen molar-refractivity contribution in [1.29, 1.82) is 0 Å². The maximum Gasteiger partial charge on any atom is 0.0496 e. The Morgan fingerprint density at radius 1 is 1.36 bits per heavy atom. The molecule has 0 amide bonds. The third-order valence-electron chi connectivity index (χ3n) is 1.90. The Labute approximate surface area is 68.5 Å². The molecule has 66 valence electrons. The molecule has 0 aromatic carbocycles. The molecule has 0 heterocycles. The van der Waals surface area contributed by atoms with E-state index in [1.54, 1.807) is 0 Å². The molecule has 0 atom stereocenters. The topological polar surface area (TPSA) is 41.5 Å². The van der Waals surface area contributed by atoms with E-state index in [4.69, 9.17) is 0 Å². The molecule has 1 N–H and O–H groups in total. The van der Waals surface area contributed by atoms with E-state index in [1.165, 1.54) is 12.8 Å². The fourth-order valence-electron chi connectivity index (χ4n) is 1.24. The number of nitrogens with one attached hydrogen (secondary N) is 1. The smallest absolute Gasteiger partial charge is 0.0496 e. The van der Waals surface area contributed by atoms with Gasteiger partial charge in [0.15, 0.2) is 0 Å². The van der Waals surface area contributed by atoms with Crippen molar-refractivity contribution in [2.45, 2.75) is 40.0 Å². The quantitative estimate of drug-likeness (QED) is 0.366. The second-order valence-electron chi connectivity index (χ2n) is 3.66. The van der Waals surface area contributed by atoms with Crippen molar-refractivity contribution < 1.29 is 0 Å². The zero-order valence-electron chi connectivity index (χ0n) is 7.68. The Morgan fingerprint density at radius 3 is 2.45 bits per heavy atom. The predicted octanol–water partition coefficient (Wildman–Crippen LogP) is 2.47. The monoisotopic (exact) mass is 158 g/mol. The van der Waals surface area contributed by atoms with Crippen molar-refractivity contribution >= 4 is 0 Å². The van der Waals surface area contributed by atoms with Crippen molar-refractivity contribution in [3.05, 3.63) is 4.91 Å². The third kappa shape index (κ3) is 5.83. The SMILES string of the molecule is CCCC(C)(C)CCNN=O. The summed E-state index contributed by atoms with van der Waals surface area (Å²) < 4.78 is 0. The molecule has 0 aromatic heterocycles. The molecule has 0 aliphatic rings. The molecule has 0 aliphatic carbocycles. The van der Waals surface area contributed by atoms with Crippen LogP contribution in [0.4, 0.5) is 0 Å². The summed E-state index contributed by atoms with van der Waals surface area (Å²) in [6.07, 6.45) is 3.40. The first-order chi connectivity index (χ1) is 5.12. The lowest BCUT2D eigenvalue weighted by atomic mass is 9.85. The lowest BCUT2D eigenvalue weighted by Crippen LogP contribution is -2.18. The predicted molar refractivity (Wildman–Crippen MR) is 47.1 cm³/mol. The minimum absolute atomic E-state index is 0.340. The first-order valence-corrected chi connectivity index (χ1v) is 4.17. The summed E-state index contributed by atoms with van der Waals surface area (Å²) in [6, 6.07) is 0. The summed E-state index contributed by atoms with van der Waals surface area (Å²) in [5, 5.41) is 2.60. The maximum atomic E-state index is 9.69. The fraction of sp³-hybridized carbons (Fsp3) is 1.00. The van der Waals surface area contributed by atoms with Gasteiger partial charge in [-0.05, 0) is 18.3 Å². The van der Waals surface area contributed by atoms with E-state index in [9.17, 15) is 4.91 Å². The van der Waals surface area contributed by atoms with Crippen molar-refractivity contribution in [3.63, 3.8) is 0 Å². The average molecular weight is 158 g/mol. The minimum Gasteiger partial charge on any atom is -0.274 e. The zero-order valence-corrected chi connectivity index (χ0v) is 7.68. The van der Waals surface area contributed by atoms with Gasteiger partial charge in [0.2, 0.25) is 0 Å². The van der Waals surface area contributed by atoms with E-state index in [0.717, 1.165) is 6.42 Å². The van der Waals surface area contributed by atoms with Gasteiger partial charge in [0.05, 0.1) is 0 Å². The molecular weight excluding hydrogens is 140 g/mol. The van der Waals surface area contributed by atoms with Gasteiger partial charge >= 0.3 is 0 Å². The molecular formula is C8H18N2O. The van der Waals surface area contributed by atoms with E-state index >= 15 is 0 Å². The zero-order chi connectivity index (χ0) is 8.74. The van der Waals surface area contributed by atoms with E-state index in [-0.39, 0.29) is 0 Å². The van der Waals surface area contributed by atoms with Crippen LogP contribution in [0.25, 0.3) is 0 Å². The van der Waals surface area contributed by atoms with Gasteiger partial charge in [-0.1, -0.05) is 27.2 Å². The van der Waals surface area contributed by atoms with Crippen LogP contribution in [0.5, 0.6) is 0 Å². The molecule has 0 radical (unpaired) electrons. The molecule has 0 rings (SSSR count). The van der Waals surface area contributed by atoms with Gasteiger partial charge in [0.1, 0.15) is 0 Å². The van der Waals surface area contributed by atoms with Crippen LogP contribution < -0.4 is 5.43 Å². The van der Waals surface area contributed by atoms with Crippen LogP contribution in [0.15, 0.2) is 5.29 Å². The molecule has 0 spiro atoms. The maximum absolute atomic E-state index is 9.69. The molecule has 0 saturated carbocycles. The third-order valence-corrected chi connectivity index (χ3v) is 1.90. The molecule has 11 heavy (non-hydrogen) atoms. The van der Waals surface area contributed by atoms with Crippen molar-refractivity contribution in [1.82, 2.24) is 5.43 Å². The fourth-order valence-corrected chi connectivity index (χ4v) is 1.24. The Hall–Kier alpha value is -0.600. The van der Waals surface area contributed by atoms with Crippen molar-refractivity contribution in [2.75, 3.05) is 6.54 Å². The molecule has 0 unspecified atom stereocenters. The molecule has 0 saturated heterocycles. The molecule has 0 aromatic rings. The highest BCUT2D eigenvalue weighted by Crippen LogP contribution is 2.25. The van der Waals surface area contributed by atoms with Crippen LogP contribution >= 0.6 is 0 Å². The molecule has 3 nitrogen and oxygen atoms in total. The van der Waals surface area contributed by atoms with Crippen LogP contribution in [0.2, 0.25) is 0 Å². The first-order valence-electron chi connectivity index (χ1n) is 4.17. The highest BCUT2D eigenvalue weighted by atomic mass is 16.3. The second kappa shape index (κ2) is 5.10. The summed E-state index contributed by atoms with van der Waals surface area (Å²) in [5.41, 5.74) is 2.77. The summed E-state index contributed by atoms with van der Waals surface area (Å²) >= 11 is 0. The van der Waals surface area contributed by atoms with Crippen molar-refractivity contribution in [3.8, 4) is 0 Å². The number of nitroso groups, excluding NO2 is 1. The normalized spacial score (nSPS) is 11.2. The summed E-state index contributed by atoms with van der Waals surface area (Å²) in [7, 11) is 0. The number of nitrogens with zero attached hydrogens (tertiary/aromatic N) is 1. The van der Waals surface area contributed by atoms with Crippen LogP contribution in [0.3, 0.4) is 0 Å². The Bertz CT molecular complexity index is 113.